The smallest absolute Gasteiger partial charge is 0.282 e. The van der Waals surface area contributed by atoms with Gasteiger partial charge in [-0.15, -0.1) is 0 Å². The Bertz CT molecular complexity index is 735. The van der Waals surface area contributed by atoms with Crippen LogP contribution >= 0.6 is 0 Å². The molecule has 0 aliphatic carbocycles. The van der Waals surface area contributed by atoms with Crippen LogP contribution in [0.1, 0.15) is 6.92 Å². The number of quaternary nitrogens is 1. The van der Waals surface area contributed by atoms with E-state index >= 15 is 0 Å². The molecular formula is C17H20F2N5O+. The maximum absolute atomic E-state index is 13.2. The number of nitrogens with one attached hydrogen (secondary N) is 2. The summed E-state index contributed by atoms with van der Waals surface area (Å²) in [7, 11) is 0. The summed E-state index contributed by atoms with van der Waals surface area (Å²) in [4.78, 5) is 24.1. The van der Waals surface area contributed by atoms with E-state index in [0.29, 0.717) is 5.95 Å². The third-order valence-electron chi connectivity index (χ3n) is 4.43. The zero-order chi connectivity index (χ0) is 17.8. The zero-order valence-corrected chi connectivity index (χ0v) is 13.9. The number of halogens is 2. The van der Waals surface area contributed by atoms with Gasteiger partial charge in [-0.3, -0.25) is 4.79 Å². The van der Waals surface area contributed by atoms with Crippen LogP contribution in [0.5, 0.6) is 0 Å². The van der Waals surface area contributed by atoms with Gasteiger partial charge < -0.3 is 15.1 Å². The van der Waals surface area contributed by atoms with Gasteiger partial charge in [-0.05, 0) is 25.1 Å². The predicted octanol–water partition coefficient (Wildman–Crippen LogP) is 0.487. The number of carbonyl (C=O) groups excluding carboxylic acids is 1. The maximum atomic E-state index is 13.2. The summed E-state index contributed by atoms with van der Waals surface area (Å²) in [6, 6.07) is 4.81. The molecule has 1 fully saturated rings. The molecule has 0 unspecified atom stereocenters. The molecule has 0 radical (unpaired) electrons. The Hall–Kier alpha value is -2.61. The normalized spacial score (nSPS) is 16.5. The average molecular weight is 348 g/mol. The summed E-state index contributed by atoms with van der Waals surface area (Å²) in [5.41, 5.74) is 0.256. The third kappa shape index (κ3) is 4.08. The molecule has 8 heteroatoms. The Morgan fingerprint density at radius 2 is 1.88 bits per heavy atom. The van der Waals surface area contributed by atoms with Crippen molar-refractivity contribution in [3.8, 4) is 0 Å². The monoisotopic (exact) mass is 348 g/mol. The van der Waals surface area contributed by atoms with Crippen molar-refractivity contribution >= 4 is 17.5 Å². The lowest BCUT2D eigenvalue weighted by molar-refractivity contribution is -0.914. The highest BCUT2D eigenvalue weighted by atomic mass is 19.2. The average Bonchev–Trinajstić information content (AvgIpc) is 2.65. The molecule has 132 valence electrons. The number of rotatable bonds is 4. The first-order valence-corrected chi connectivity index (χ1v) is 8.17. The van der Waals surface area contributed by atoms with Gasteiger partial charge >= 0.3 is 0 Å². The van der Waals surface area contributed by atoms with Crippen molar-refractivity contribution in [3.63, 3.8) is 0 Å². The molecule has 2 aromatic rings. The van der Waals surface area contributed by atoms with Crippen LogP contribution < -0.4 is 15.1 Å². The number of carbonyl (C=O) groups is 1. The van der Waals surface area contributed by atoms with Crippen molar-refractivity contribution in [1.82, 2.24) is 9.97 Å². The highest BCUT2D eigenvalue weighted by molar-refractivity contribution is 5.93. The van der Waals surface area contributed by atoms with Gasteiger partial charge in [-0.1, -0.05) is 0 Å². The van der Waals surface area contributed by atoms with Gasteiger partial charge in [0.2, 0.25) is 5.95 Å². The van der Waals surface area contributed by atoms with Crippen LogP contribution in [0, 0.1) is 11.6 Å². The van der Waals surface area contributed by atoms with E-state index in [4.69, 9.17) is 0 Å². The molecule has 1 aromatic carbocycles. The number of hydrogen-bond donors (Lipinski definition) is 2. The van der Waals surface area contributed by atoms with E-state index in [9.17, 15) is 13.6 Å². The van der Waals surface area contributed by atoms with Crippen LogP contribution in [0.25, 0.3) is 0 Å². The van der Waals surface area contributed by atoms with Crippen molar-refractivity contribution in [2.75, 3.05) is 36.4 Å². The van der Waals surface area contributed by atoms with E-state index in [-0.39, 0.29) is 17.6 Å². The minimum Gasteiger partial charge on any atom is -0.330 e. The van der Waals surface area contributed by atoms with Gasteiger partial charge in [-0.2, -0.15) is 0 Å². The molecule has 1 atom stereocenters. The minimum absolute atomic E-state index is 0.217. The van der Waals surface area contributed by atoms with Crippen molar-refractivity contribution in [2.24, 2.45) is 0 Å². The maximum Gasteiger partial charge on any atom is 0.282 e. The fourth-order valence-electron chi connectivity index (χ4n) is 2.89. The molecular weight excluding hydrogens is 328 g/mol. The van der Waals surface area contributed by atoms with Crippen LogP contribution in [0.2, 0.25) is 0 Å². The fourth-order valence-corrected chi connectivity index (χ4v) is 2.89. The van der Waals surface area contributed by atoms with E-state index in [1.165, 1.54) is 6.07 Å². The molecule has 1 aliphatic heterocycles. The van der Waals surface area contributed by atoms with Gasteiger partial charge in [0.15, 0.2) is 17.7 Å². The first-order chi connectivity index (χ1) is 12.0. The molecule has 1 aliphatic rings. The number of amides is 1. The standard InChI is InChI=1S/C17H19F2N5O/c1-12(16(25)22-13-3-4-14(18)15(19)11-13)23-7-9-24(10-8-23)17-20-5-2-6-21-17/h2-6,11-12H,7-10H2,1H3,(H,22,25)/p+1/t12-/m1/s1. The zero-order valence-electron chi connectivity index (χ0n) is 13.9. The van der Waals surface area contributed by atoms with Crippen molar-refractivity contribution in [1.29, 1.82) is 0 Å². The summed E-state index contributed by atoms with van der Waals surface area (Å²) in [6.07, 6.45) is 3.42. The first kappa shape index (κ1) is 17.2. The molecule has 1 saturated heterocycles. The van der Waals surface area contributed by atoms with Crippen molar-refractivity contribution in [2.45, 2.75) is 13.0 Å². The molecule has 3 rings (SSSR count). The predicted molar refractivity (Wildman–Crippen MR) is 89.4 cm³/mol. The number of hydrogen-bond acceptors (Lipinski definition) is 4. The topological polar surface area (TPSA) is 62.6 Å². The molecule has 0 bridgehead atoms. The Kier molecular flexibility index (Phi) is 5.18. The van der Waals surface area contributed by atoms with Gasteiger partial charge in [-0.25, -0.2) is 18.7 Å². The minimum atomic E-state index is -0.978. The molecule has 6 nitrogen and oxygen atoms in total. The second-order valence-electron chi connectivity index (χ2n) is 6.03. The Labute approximate surface area is 144 Å². The number of piperazine rings is 1. The summed E-state index contributed by atoms with van der Waals surface area (Å²) in [5, 5.41) is 2.65. The second-order valence-corrected chi connectivity index (χ2v) is 6.03. The molecule has 0 spiro atoms. The van der Waals surface area contributed by atoms with E-state index < -0.39 is 11.6 Å². The van der Waals surface area contributed by atoms with Gasteiger partial charge in [0.25, 0.3) is 5.91 Å². The van der Waals surface area contributed by atoms with Crippen LogP contribution in [0.15, 0.2) is 36.7 Å². The van der Waals surface area contributed by atoms with Crippen molar-refractivity contribution in [3.05, 3.63) is 48.3 Å². The molecule has 1 amide bonds. The summed E-state index contributed by atoms with van der Waals surface area (Å²) in [6.45, 7) is 4.87. The highest BCUT2D eigenvalue weighted by Gasteiger charge is 2.30. The van der Waals surface area contributed by atoms with E-state index in [2.05, 4.69) is 20.2 Å². The Balaban J connectivity index is 1.55. The van der Waals surface area contributed by atoms with E-state index in [0.717, 1.165) is 43.2 Å². The van der Waals surface area contributed by atoms with Crippen LogP contribution in [-0.4, -0.2) is 48.1 Å². The highest BCUT2D eigenvalue weighted by Crippen LogP contribution is 2.13. The molecule has 2 N–H and O–H groups in total. The Morgan fingerprint density at radius 3 is 2.52 bits per heavy atom. The van der Waals surface area contributed by atoms with Crippen LogP contribution in [-0.2, 0) is 4.79 Å². The number of aromatic nitrogens is 2. The van der Waals surface area contributed by atoms with Crippen molar-refractivity contribution < 1.29 is 18.5 Å². The van der Waals surface area contributed by atoms with Gasteiger partial charge in [0, 0.05) is 24.1 Å². The lowest BCUT2D eigenvalue weighted by Crippen LogP contribution is -3.19. The Morgan fingerprint density at radius 1 is 1.20 bits per heavy atom. The largest absolute Gasteiger partial charge is 0.330 e. The summed E-state index contributed by atoms with van der Waals surface area (Å²) < 4.78 is 26.2. The molecule has 25 heavy (non-hydrogen) atoms. The van der Waals surface area contributed by atoms with Crippen LogP contribution in [0.3, 0.4) is 0 Å². The SMILES string of the molecule is C[C@H](C(=O)Nc1ccc(F)c(F)c1)[NH+]1CCN(c2ncccn2)CC1. The third-order valence-corrected chi connectivity index (χ3v) is 4.43. The van der Waals surface area contributed by atoms with Gasteiger partial charge in [0.1, 0.15) is 0 Å². The number of benzene rings is 1. The van der Waals surface area contributed by atoms with Gasteiger partial charge in [0.05, 0.1) is 26.2 Å². The lowest BCUT2D eigenvalue weighted by atomic mass is 10.2. The van der Waals surface area contributed by atoms with Crippen LogP contribution in [0.4, 0.5) is 20.4 Å². The molecule has 0 saturated carbocycles. The lowest BCUT2D eigenvalue weighted by Gasteiger charge is -2.34. The van der Waals surface area contributed by atoms with E-state index in [1.807, 2.05) is 6.92 Å². The molecule has 1 aromatic heterocycles. The summed E-state index contributed by atoms with van der Waals surface area (Å²) in [5.74, 6) is -1.43. The number of anilines is 2. The quantitative estimate of drug-likeness (QED) is 0.844. The molecule has 2 heterocycles. The number of nitrogens with zero attached hydrogens (tertiary/aromatic N) is 3. The summed E-state index contributed by atoms with van der Waals surface area (Å²) >= 11 is 0. The first-order valence-electron chi connectivity index (χ1n) is 8.17. The fraction of sp³-hybridized carbons (Fsp3) is 0.353. The van der Waals surface area contributed by atoms with E-state index in [1.54, 1.807) is 18.5 Å². The second kappa shape index (κ2) is 7.52.